The summed E-state index contributed by atoms with van der Waals surface area (Å²) in [5.74, 6) is -0.476. The van der Waals surface area contributed by atoms with E-state index in [1.54, 1.807) is 25.3 Å². The standard InChI is InChI=1S/C11H7FN2/c1-7-4-5-14-9-3-2-8(6-13)11(12)10(7)9/h2-5H,1H3. The number of pyridine rings is 1. The topological polar surface area (TPSA) is 36.7 Å². The normalized spacial score (nSPS) is 10.1. The zero-order valence-electron chi connectivity index (χ0n) is 7.58. The van der Waals surface area contributed by atoms with E-state index in [1.165, 1.54) is 6.07 Å². The van der Waals surface area contributed by atoms with E-state index >= 15 is 0 Å². The van der Waals surface area contributed by atoms with Crippen LogP contribution in [0.2, 0.25) is 0 Å². The van der Waals surface area contributed by atoms with Crippen molar-refractivity contribution in [1.29, 1.82) is 5.26 Å². The minimum absolute atomic E-state index is 0.0635. The number of aryl methyl sites for hydroxylation is 1. The molecular formula is C11H7FN2. The van der Waals surface area contributed by atoms with E-state index < -0.39 is 5.82 Å². The highest BCUT2D eigenvalue weighted by Gasteiger charge is 2.08. The molecule has 1 aromatic heterocycles. The minimum atomic E-state index is -0.476. The summed E-state index contributed by atoms with van der Waals surface area (Å²) >= 11 is 0. The maximum absolute atomic E-state index is 13.7. The highest BCUT2D eigenvalue weighted by atomic mass is 19.1. The Labute approximate surface area is 80.6 Å². The summed E-state index contributed by atoms with van der Waals surface area (Å²) in [5, 5.41) is 9.09. The lowest BCUT2D eigenvalue weighted by Crippen LogP contribution is -1.90. The van der Waals surface area contributed by atoms with Crippen LogP contribution in [0.15, 0.2) is 24.4 Å². The molecule has 0 bridgehead atoms. The molecule has 68 valence electrons. The first kappa shape index (κ1) is 8.64. The summed E-state index contributed by atoms with van der Waals surface area (Å²) in [4.78, 5) is 4.03. The van der Waals surface area contributed by atoms with Crippen LogP contribution in [-0.2, 0) is 0 Å². The lowest BCUT2D eigenvalue weighted by molar-refractivity contribution is 0.635. The Balaban J connectivity index is 2.95. The molecule has 0 aliphatic heterocycles. The molecule has 1 aromatic carbocycles. The van der Waals surface area contributed by atoms with Gasteiger partial charge in [0.05, 0.1) is 11.1 Å². The van der Waals surface area contributed by atoms with Crippen LogP contribution in [-0.4, -0.2) is 4.98 Å². The lowest BCUT2D eigenvalue weighted by Gasteiger charge is -2.02. The number of benzene rings is 1. The molecule has 2 rings (SSSR count). The minimum Gasteiger partial charge on any atom is -0.256 e. The number of fused-ring (bicyclic) bond motifs is 1. The average Bonchev–Trinajstić information content (AvgIpc) is 2.18. The van der Waals surface area contributed by atoms with E-state index in [0.29, 0.717) is 10.9 Å². The van der Waals surface area contributed by atoms with Crippen LogP contribution in [0.3, 0.4) is 0 Å². The summed E-state index contributed by atoms with van der Waals surface area (Å²) in [6.45, 7) is 1.80. The van der Waals surface area contributed by atoms with Gasteiger partial charge in [-0.3, -0.25) is 4.98 Å². The van der Waals surface area contributed by atoms with E-state index in [1.807, 2.05) is 6.07 Å². The fourth-order valence-electron chi connectivity index (χ4n) is 1.45. The molecule has 0 unspecified atom stereocenters. The highest BCUT2D eigenvalue weighted by Crippen LogP contribution is 2.21. The summed E-state index contributed by atoms with van der Waals surface area (Å²) in [6, 6.07) is 6.65. The van der Waals surface area contributed by atoms with Crippen LogP contribution in [0.5, 0.6) is 0 Å². The molecule has 0 radical (unpaired) electrons. The van der Waals surface area contributed by atoms with Gasteiger partial charge in [0.1, 0.15) is 6.07 Å². The number of aromatic nitrogens is 1. The van der Waals surface area contributed by atoms with E-state index in [-0.39, 0.29) is 5.56 Å². The first-order chi connectivity index (χ1) is 6.74. The average molecular weight is 186 g/mol. The Morgan fingerprint density at radius 2 is 2.14 bits per heavy atom. The second kappa shape index (κ2) is 3.08. The van der Waals surface area contributed by atoms with Gasteiger partial charge in [0.25, 0.3) is 0 Å². The molecule has 2 aromatic rings. The lowest BCUT2D eigenvalue weighted by atomic mass is 10.1. The van der Waals surface area contributed by atoms with E-state index in [9.17, 15) is 4.39 Å². The second-order valence-electron chi connectivity index (χ2n) is 3.06. The molecule has 2 nitrogen and oxygen atoms in total. The summed E-state index contributed by atoms with van der Waals surface area (Å²) in [5.41, 5.74) is 1.44. The van der Waals surface area contributed by atoms with Crippen LogP contribution in [0.4, 0.5) is 4.39 Å². The number of rotatable bonds is 0. The van der Waals surface area contributed by atoms with Gasteiger partial charge in [0.2, 0.25) is 0 Å². The Kier molecular flexibility index (Phi) is 1.90. The number of nitrogens with zero attached hydrogens (tertiary/aromatic N) is 2. The van der Waals surface area contributed by atoms with Crippen LogP contribution >= 0.6 is 0 Å². The van der Waals surface area contributed by atoms with Gasteiger partial charge in [-0.1, -0.05) is 0 Å². The van der Waals surface area contributed by atoms with Crippen molar-refractivity contribution in [1.82, 2.24) is 4.98 Å². The Morgan fingerprint density at radius 1 is 1.36 bits per heavy atom. The molecule has 0 atom stereocenters. The van der Waals surface area contributed by atoms with Crippen molar-refractivity contribution in [3.8, 4) is 6.07 Å². The van der Waals surface area contributed by atoms with Crippen LogP contribution < -0.4 is 0 Å². The molecule has 1 heterocycles. The first-order valence-corrected chi connectivity index (χ1v) is 4.18. The van der Waals surface area contributed by atoms with Crippen LogP contribution in [0.1, 0.15) is 11.1 Å². The highest BCUT2D eigenvalue weighted by molar-refractivity contribution is 5.83. The van der Waals surface area contributed by atoms with Crippen LogP contribution in [0, 0.1) is 24.1 Å². The van der Waals surface area contributed by atoms with Gasteiger partial charge < -0.3 is 0 Å². The van der Waals surface area contributed by atoms with Crippen molar-refractivity contribution in [2.24, 2.45) is 0 Å². The van der Waals surface area contributed by atoms with Gasteiger partial charge in [-0.2, -0.15) is 5.26 Å². The third-order valence-electron chi connectivity index (χ3n) is 2.17. The molecule has 0 saturated heterocycles. The molecule has 0 N–H and O–H groups in total. The zero-order chi connectivity index (χ0) is 10.1. The summed E-state index contributed by atoms with van der Waals surface area (Å²) in [6.07, 6.45) is 1.63. The maximum Gasteiger partial charge on any atom is 0.150 e. The molecule has 3 heteroatoms. The predicted octanol–water partition coefficient (Wildman–Crippen LogP) is 2.55. The van der Waals surface area contributed by atoms with Gasteiger partial charge in [-0.25, -0.2) is 4.39 Å². The van der Waals surface area contributed by atoms with Gasteiger partial charge >= 0.3 is 0 Å². The van der Waals surface area contributed by atoms with Gasteiger partial charge in [-0.05, 0) is 30.7 Å². The molecule has 0 saturated carbocycles. The predicted molar refractivity (Wildman–Crippen MR) is 51.2 cm³/mol. The quantitative estimate of drug-likeness (QED) is 0.634. The zero-order valence-corrected chi connectivity index (χ0v) is 7.58. The Morgan fingerprint density at radius 3 is 2.86 bits per heavy atom. The van der Waals surface area contributed by atoms with E-state index in [4.69, 9.17) is 5.26 Å². The summed E-state index contributed by atoms with van der Waals surface area (Å²) in [7, 11) is 0. The Bertz CT molecular complexity index is 541. The third-order valence-corrected chi connectivity index (χ3v) is 2.17. The number of hydrogen-bond acceptors (Lipinski definition) is 2. The van der Waals surface area contributed by atoms with Crippen molar-refractivity contribution in [3.05, 3.63) is 41.3 Å². The smallest absolute Gasteiger partial charge is 0.150 e. The monoisotopic (exact) mass is 186 g/mol. The van der Waals surface area contributed by atoms with Crippen molar-refractivity contribution < 1.29 is 4.39 Å². The molecule has 0 aliphatic carbocycles. The van der Waals surface area contributed by atoms with Crippen LogP contribution in [0.25, 0.3) is 10.9 Å². The van der Waals surface area contributed by atoms with E-state index in [2.05, 4.69) is 4.98 Å². The SMILES string of the molecule is Cc1ccnc2ccc(C#N)c(F)c12. The second-order valence-corrected chi connectivity index (χ2v) is 3.06. The van der Waals surface area contributed by atoms with Crippen molar-refractivity contribution in [3.63, 3.8) is 0 Å². The van der Waals surface area contributed by atoms with Crippen molar-refractivity contribution in [2.45, 2.75) is 6.92 Å². The molecule has 0 spiro atoms. The molecule has 14 heavy (non-hydrogen) atoms. The molecular weight excluding hydrogens is 179 g/mol. The fraction of sp³-hybridized carbons (Fsp3) is 0.0909. The van der Waals surface area contributed by atoms with Gasteiger partial charge in [-0.15, -0.1) is 0 Å². The van der Waals surface area contributed by atoms with Crippen molar-refractivity contribution >= 4 is 10.9 Å². The first-order valence-electron chi connectivity index (χ1n) is 4.18. The largest absolute Gasteiger partial charge is 0.256 e. The molecule has 0 fully saturated rings. The molecule has 0 aliphatic rings. The van der Waals surface area contributed by atoms with Gasteiger partial charge in [0, 0.05) is 11.6 Å². The fourth-order valence-corrected chi connectivity index (χ4v) is 1.45. The number of nitriles is 1. The Hall–Kier alpha value is -1.95. The van der Waals surface area contributed by atoms with Gasteiger partial charge in [0.15, 0.2) is 5.82 Å². The number of halogens is 1. The summed E-state index contributed by atoms with van der Waals surface area (Å²) < 4.78 is 13.7. The van der Waals surface area contributed by atoms with E-state index in [0.717, 1.165) is 5.56 Å². The van der Waals surface area contributed by atoms with Crippen molar-refractivity contribution in [2.75, 3.05) is 0 Å². The third kappa shape index (κ3) is 1.12. The molecule has 0 amide bonds. The maximum atomic E-state index is 13.7. The number of hydrogen-bond donors (Lipinski definition) is 0.